The number of hydrogen-bond donors (Lipinski definition) is 0. The Morgan fingerprint density at radius 3 is 2.67 bits per heavy atom. The molecule has 3 nitrogen and oxygen atoms in total. The van der Waals surface area contributed by atoms with Crippen LogP contribution in [0.5, 0.6) is 0 Å². The molecule has 1 aliphatic carbocycles. The van der Waals surface area contributed by atoms with Crippen molar-refractivity contribution in [1.82, 2.24) is 9.47 Å². The second-order valence-electron chi connectivity index (χ2n) is 5.72. The summed E-state index contributed by atoms with van der Waals surface area (Å²) in [5.74, 6) is 0. The number of nitrogens with zero attached hydrogens (tertiary/aromatic N) is 2. The van der Waals surface area contributed by atoms with Gasteiger partial charge in [-0.05, 0) is 50.0 Å². The van der Waals surface area contributed by atoms with Crippen LogP contribution in [-0.4, -0.2) is 30.1 Å². The van der Waals surface area contributed by atoms with E-state index >= 15 is 0 Å². The fourth-order valence-electron chi connectivity index (χ4n) is 2.85. The fourth-order valence-corrected chi connectivity index (χ4v) is 2.85. The van der Waals surface area contributed by atoms with Crippen LogP contribution in [0, 0.1) is 0 Å². The average Bonchev–Trinajstić information content (AvgIpc) is 2.47. The molecule has 1 aromatic rings. The standard InChI is InChI=1S/C18H20N2O/c1-19(2)11-6-12-20-13-14-7-3-4-8-15(14)18-16(20)9-5-10-17(18)21/h3-5,7-10,13H,6,11-12H2,1-2H3. The van der Waals surface area contributed by atoms with Crippen LogP contribution in [0.15, 0.2) is 53.5 Å². The lowest BCUT2D eigenvalue weighted by molar-refractivity contribution is 0.387. The topological polar surface area (TPSA) is 25.2 Å². The van der Waals surface area contributed by atoms with Gasteiger partial charge in [-0.25, -0.2) is 0 Å². The van der Waals surface area contributed by atoms with Crippen LogP contribution in [0.2, 0.25) is 0 Å². The zero-order valence-electron chi connectivity index (χ0n) is 12.5. The van der Waals surface area contributed by atoms with E-state index in [0.717, 1.165) is 41.5 Å². The summed E-state index contributed by atoms with van der Waals surface area (Å²) in [7, 11) is 4.16. The predicted octanol–water partition coefficient (Wildman–Crippen LogP) is 3.06. The second-order valence-corrected chi connectivity index (χ2v) is 5.72. The van der Waals surface area contributed by atoms with Crippen molar-refractivity contribution in [2.75, 3.05) is 20.6 Å². The molecule has 0 saturated heterocycles. The van der Waals surface area contributed by atoms with Crippen molar-refractivity contribution in [2.24, 2.45) is 0 Å². The van der Waals surface area contributed by atoms with E-state index in [1.807, 2.05) is 30.3 Å². The van der Waals surface area contributed by atoms with Gasteiger partial charge >= 0.3 is 0 Å². The van der Waals surface area contributed by atoms with Gasteiger partial charge in [-0.15, -0.1) is 0 Å². The van der Waals surface area contributed by atoms with E-state index in [-0.39, 0.29) is 5.43 Å². The van der Waals surface area contributed by atoms with Crippen molar-refractivity contribution < 1.29 is 0 Å². The first kappa shape index (κ1) is 13.8. The third-order valence-electron chi connectivity index (χ3n) is 3.84. The molecule has 0 spiro atoms. The molecule has 1 heterocycles. The summed E-state index contributed by atoms with van der Waals surface area (Å²) < 4.78 is 2.21. The smallest absolute Gasteiger partial charge is 0.188 e. The van der Waals surface area contributed by atoms with Gasteiger partial charge in [-0.2, -0.15) is 0 Å². The van der Waals surface area contributed by atoms with E-state index in [9.17, 15) is 4.79 Å². The number of aryl methyl sites for hydroxylation is 1. The lowest BCUT2D eigenvalue weighted by Gasteiger charge is -2.18. The van der Waals surface area contributed by atoms with Gasteiger partial charge in [0.1, 0.15) is 0 Å². The third kappa shape index (κ3) is 2.69. The average molecular weight is 280 g/mol. The number of pyridine rings is 1. The summed E-state index contributed by atoms with van der Waals surface area (Å²) in [5.41, 5.74) is 1.96. The molecule has 0 fully saturated rings. The highest BCUT2D eigenvalue weighted by atomic mass is 16.1. The minimum absolute atomic E-state index is 0.102. The summed E-state index contributed by atoms with van der Waals surface area (Å²) in [6.07, 6.45) is 3.22. The fraction of sp³-hybridized carbons (Fsp3) is 0.278. The number of fused-ring (bicyclic) bond motifs is 3. The van der Waals surface area contributed by atoms with Crippen molar-refractivity contribution in [1.29, 1.82) is 0 Å². The number of hydrogen-bond acceptors (Lipinski definition) is 2. The van der Waals surface area contributed by atoms with E-state index in [2.05, 4.69) is 35.8 Å². The molecular weight excluding hydrogens is 260 g/mol. The van der Waals surface area contributed by atoms with Gasteiger partial charge in [0.15, 0.2) is 5.43 Å². The largest absolute Gasteiger partial charge is 0.347 e. The van der Waals surface area contributed by atoms with E-state index in [4.69, 9.17) is 0 Å². The molecule has 2 aliphatic rings. The van der Waals surface area contributed by atoms with E-state index in [1.54, 1.807) is 6.07 Å². The van der Waals surface area contributed by atoms with Crippen LogP contribution in [0.25, 0.3) is 22.0 Å². The van der Waals surface area contributed by atoms with Crippen molar-refractivity contribution in [2.45, 2.75) is 13.0 Å². The van der Waals surface area contributed by atoms with Crippen molar-refractivity contribution in [3.05, 3.63) is 58.9 Å². The van der Waals surface area contributed by atoms with E-state index in [1.165, 1.54) is 0 Å². The normalized spacial score (nSPS) is 11.6. The Morgan fingerprint density at radius 2 is 1.86 bits per heavy atom. The Balaban J connectivity index is 2.14. The Morgan fingerprint density at radius 1 is 1.05 bits per heavy atom. The van der Waals surface area contributed by atoms with Crippen LogP contribution in [0.1, 0.15) is 6.42 Å². The minimum atomic E-state index is 0.102. The van der Waals surface area contributed by atoms with Gasteiger partial charge < -0.3 is 9.47 Å². The highest BCUT2D eigenvalue weighted by Gasteiger charge is 2.13. The number of rotatable bonds is 4. The molecular formula is C18H20N2O. The van der Waals surface area contributed by atoms with Gasteiger partial charge in [-0.3, -0.25) is 4.79 Å². The van der Waals surface area contributed by atoms with Crippen molar-refractivity contribution >= 4 is 10.8 Å². The maximum atomic E-state index is 12.3. The molecule has 0 unspecified atom stereocenters. The molecule has 0 amide bonds. The van der Waals surface area contributed by atoms with Crippen LogP contribution in [0.3, 0.4) is 0 Å². The lowest BCUT2D eigenvalue weighted by atomic mass is 10.0. The first-order valence-electron chi connectivity index (χ1n) is 7.32. The summed E-state index contributed by atoms with van der Waals surface area (Å²) >= 11 is 0. The molecule has 0 radical (unpaired) electrons. The summed E-state index contributed by atoms with van der Waals surface area (Å²) in [6, 6.07) is 13.7. The Kier molecular flexibility index (Phi) is 3.76. The SMILES string of the molecule is CN(C)CCCn1cc2ccccc2c2c(=O)cccc1-2. The molecule has 1 aromatic carbocycles. The maximum absolute atomic E-state index is 12.3. The third-order valence-corrected chi connectivity index (χ3v) is 3.84. The Bertz CT molecular complexity index is 789. The van der Waals surface area contributed by atoms with Gasteiger partial charge in [0.2, 0.25) is 0 Å². The molecule has 21 heavy (non-hydrogen) atoms. The highest BCUT2D eigenvalue weighted by Crippen LogP contribution is 2.28. The number of aromatic nitrogens is 1. The Labute approximate surface area is 124 Å². The van der Waals surface area contributed by atoms with Crippen molar-refractivity contribution in [3.63, 3.8) is 0 Å². The molecule has 0 aromatic heterocycles. The summed E-state index contributed by atoms with van der Waals surface area (Å²) in [5, 5.41) is 2.17. The minimum Gasteiger partial charge on any atom is -0.347 e. The van der Waals surface area contributed by atoms with Gasteiger partial charge in [0.25, 0.3) is 0 Å². The monoisotopic (exact) mass is 280 g/mol. The molecule has 1 aliphatic heterocycles. The zero-order valence-corrected chi connectivity index (χ0v) is 12.5. The number of benzene rings is 2. The van der Waals surface area contributed by atoms with E-state index in [0.29, 0.717) is 0 Å². The maximum Gasteiger partial charge on any atom is 0.188 e. The highest BCUT2D eigenvalue weighted by molar-refractivity contribution is 5.96. The Hall–Kier alpha value is -2.13. The van der Waals surface area contributed by atoms with Gasteiger partial charge in [0.05, 0.1) is 11.3 Å². The molecule has 108 valence electrons. The van der Waals surface area contributed by atoms with Crippen LogP contribution >= 0.6 is 0 Å². The molecule has 3 rings (SSSR count). The van der Waals surface area contributed by atoms with Crippen molar-refractivity contribution in [3.8, 4) is 11.3 Å². The molecule has 0 atom stereocenters. The van der Waals surface area contributed by atoms with Crippen LogP contribution in [-0.2, 0) is 6.54 Å². The predicted molar refractivity (Wildman–Crippen MR) is 88.0 cm³/mol. The summed E-state index contributed by atoms with van der Waals surface area (Å²) in [4.78, 5) is 14.5. The molecule has 3 heteroatoms. The van der Waals surface area contributed by atoms with Crippen LogP contribution < -0.4 is 5.43 Å². The first-order valence-corrected chi connectivity index (χ1v) is 7.32. The van der Waals surface area contributed by atoms with E-state index < -0.39 is 0 Å². The molecule has 0 N–H and O–H groups in total. The second kappa shape index (κ2) is 5.70. The lowest BCUT2D eigenvalue weighted by Crippen LogP contribution is -2.17. The summed E-state index contributed by atoms with van der Waals surface area (Å²) in [6.45, 7) is 1.96. The quantitative estimate of drug-likeness (QED) is 0.686. The van der Waals surface area contributed by atoms with Gasteiger partial charge in [-0.1, -0.05) is 30.3 Å². The molecule has 0 bridgehead atoms. The first-order chi connectivity index (χ1) is 10.2. The van der Waals surface area contributed by atoms with Gasteiger partial charge in [0, 0.05) is 12.7 Å². The molecule has 0 saturated carbocycles. The zero-order chi connectivity index (χ0) is 14.8. The van der Waals surface area contributed by atoms with Crippen LogP contribution in [0.4, 0.5) is 0 Å².